The normalized spacial score (nSPS) is 21.5. The predicted octanol–water partition coefficient (Wildman–Crippen LogP) is 1.95. The summed E-state index contributed by atoms with van der Waals surface area (Å²) < 4.78 is 0. The molecule has 1 amide bonds. The molecule has 0 radical (unpaired) electrons. The van der Waals surface area contributed by atoms with E-state index in [-0.39, 0.29) is 0 Å². The van der Waals surface area contributed by atoms with Crippen LogP contribution in [-0.4, -0.2) is 54.8 Å². The van der Waals surface area contributed by atoms with Gasteiger partial charge in [0.15, 0.2) is 0 Å². The summed E-state index contributed by atoms with van der Waals surface area (Å²) in [6.07, 6.45) is 4.86. The molecule has 0 aromatic rings. The minimum absolute atomic E-state index is 0.302. The third-order valence-electron chi connectivity index (χ3n) is 3.25. The van der Waals surface area contributed by atoms with E-state index in [2.05, 4.69) is 19.0 Å². The number of carbonyl (C=O) groups is 1. The van der Waals surface area contributed by atoms with Crippen molar-refractivity contribution in [2.24, 2.45) is 0 Å². The van der Waals surface area contributed by atoms with Crippen LogP contribution in [0.25, 0.3) is 0 Å². The van der Waals surface area contributed by atoms with Crippen molar-refractivity contribution < 1.29 is 4.79 Å². The highest BCUT2D eigenvalue weighted by Crippen LogP contribution is 2.15. The zero-order valence-corrected chi connectivity index (χ0v) is 11.2. The maximum Gasteiger partial charge on any atom is 0.222 e. The van der Waals surface area contributed by atoms with Crippen LogP contribution in [0.1, 0.15) is 32.1 Å². The molecule has 0 N–H and O–H groups in total. The molecule has 1 saturated heterocycles. The molecule has 1 rings (SSSR count). The van der Waals surface area contributed by atoms with Gasteiger partial charge in [-0.2, -0.15) is 0 Å². The molecule has 4 heteroatoms. The molecule has 16 heavy (non-hydrogen) atoms. The van der Waals surface area contributed by atoms with E-state index in [0.717, 1.165) is 32.4 Å². The highest BCUT2D eigenvalue weighted by Gasteiger charge is 2.24. The zero-order chi connectivity index (χ0) is 12.0. The van der Waals surface area contributed by atoms with Gasteiger partial charge in [-0.3, -0.25) is 4.79 Å². The van der Waals surface area contributed by atoms with E-state index >= 15 is 0 Å². The van der Waals surface area contributed by atoms with Crippen molar-refractivity contribution in [3.63, 3.8) is 0 Å². The minimum Gasteiger partial charge on any atom is -0.341 e. The molecule has 3 nitrogen and oxygen atoms in total. The number of piperidine rings is 1. The Balaban J connectivity index is 2.32. The van der Waals surface area contributed by atoms with Crippen molar-refractivity contribution in [1.82, 2.24) is 9.80 Å². The molecule has 94 valence electrons. The van der Waals surface area contributed by atoms with Crippen LogP contribution in [0.4, 0.5) is 0 Å². The number of likely N-dealkylation sites (N-methyl/N-ethyl adjacent to an activating group) is 1. The van der Waals surface area contributed by atoms with Crippen LogP contribution in [0, 0.1) is 0 Å². The molecular formula is C12H23ClN2O. The van der Waals surface area contributed by atoms with Crippen molar-refractivity contribution in [1.29, 1.82) is 0 Å². The summed E-state index contributed by atoms with van der Waals surface area (Å²) in [5, 5.41) is 0. The van der Waals surface area contributed by atoms with Crippen molar-refractivity contribution in [2.45, 2.75) is 38.1 Å². The molecule has 0 spiro atoms. The summed E-state index contributed by atoms with van der Waals surface area (Å²) in [5.74, 6) is 0.963. The Labute approximate surface area is 104 Å². The number of nitrogens with zero attached hydrogens (tertiary/aromatic N) is 2. The first-order valence-electron chi connectivity index (χ1n) is 6.15. The molecule has 1 atom stereocenters. The van der Waals surface area contributed by atoms with E-state index in [9.17, 15) is 4.79 Å². The van der Waals surface area contributed by atoms with Gasteiger partial charge in [0.1, 0.15) is 0 Å². The number of alkyl halides is 1. The third-order valence-corrected chi connectivity index (χ3v) is 3.52. The second-order valence-electron chi connectivity index (χ2n) is 4.75. The summed E-state index contributed by atoms with van der Waals surface area (Å²) in [7, 11) is 4.18. The fourth-order valence-electron chi connectivity index (χ4n) is 2.13. The monoisotopic (exact) mass is 246 g/mol. The average molecular weight is 247 g/mol. The smallest absolute Gasteiger partial charge is 0.222 e. The summed E-state index contributed by atoms with van der Waals surface area (Å²) >= 11 is 5.60. The highest BCUT2D eigenvalue weighted by molar-refractivity contribution is 6.17. The predicted molar refractivity (Wildman–Crippen MR) is 67.9 cm³/mol. The largest absolute Gasteiger partial charge is 0.341 e. The fraction of sp³-hybridized carbons (Fsp3) is 0.917. The third kappa shape index (κ3) is 4.30. The number of amides is 1. The van der Waals surface area contributed by atoms with Gasteiger partial charge < -0.3 is 9.80 Å². The van der Waals surface area contributed by atoms with Crippen molar-refractivity contribution >= 4 is 17.5 Å². The van der Waals surface area contributed by atoms with E-state index < -0.39 is 0 Å². The Bertz CT molecular complexity index is 221. The second-order valence-corrected chi connectivity index (χ2v) is 5.12. The number of hydrogen-bond donors (Lipinski definition) is 0. The van der Waals surface area contributed by atoms with Crippen molar-refractivity contribution in [3.8, 4) is 0 Å². The standard InChI is InChI=1S/C12H23ClN2O/c1-14(2)11-6-5-9-15(10-11)12(16)7-3-4-8-13/h11H,3-10H2,1-2H3. The van der Waals surface area contributed by atoms with Crippen LogP contribution >= 0.6 is 11.6 Å². The van der Waals surface area contributed by atoms with Crippen LogP contribution in [-0.2, 0) is 4.79 Å². The first-order valence-corrected chi connectivity index (χ1v) is 6.68. The van der Waals surface area contributed by atoms with E-state index in [1.54, 1.807) is 0 Å². The molecule has 1 aliphatic rings. The molecule has 0 saturated carbocycles. The summed E-state index contributed by atoms with van der Waals surface area (Å²) in [5.41, 5.74) is 0. The Hall–Kier alpha value is -0.280. The average Bonchev–Trinajstić information content (AvgIpc) is 2.29. The SMILES string of the molecule is CN(C)C1CCCN(C(=O)CCCCCl)C1. The summed E-state index contributed by atoms with van der Waals surface area (Å²) in [6, 6.07) is 0.533. The number of unbranched alkanes of at least 4 members (excludes halogenated alkanes) is 1. The number of likely N-dealkylation sites (tertiary alicyclic amines) is 1. The maximum atomic E-state index is 11.9. The molecule has 0 aromatic heterocycles. The van der Waals surface area contributed by atoms with Gasteiger partial charge in [0.2, 0.25) is 5.91 Å². The summed E-state index contributed by atoms with van der Waals surface area (Å²) in [6.45, 7) is 1.83. The lowest BCUT2D eigenvalue weighted by atomic mass is 10.0. The van der Waals surface area contributed by atoms with Gasteiger partial charge >= 0.3 is 0 Å². The van der Waals surface area contributed by atoms with Crippen molar-refractivity contribution in [2.75, 3.05) is 33.1 Å². The van der Waals surface area contributed by atoms with Gasteiger partial charge in [0.05, 0.1) is 0 Å². The van der Waals surface area contributed by atoms with Gasteiger partial charge in [-0.15, -0.1) is 11.6 Å². The maximum absolute atomic E-state index is 11.9. The van der Waals surface area contributed by atoms with Crippen molar-refractivity contribution in [3.05, 3.63) is 0 Å². The Morgan fingerprint density at radius 2 is 2.19 bits per heavy atom. The van der Waals surface area contributed by atoms with Gasteiger partial charge in [0.25, 0.3) is 0 Å². The second kappa shape index (κ2) is 7.13. The van der Waals surface area contributed by atoms with Crippen LogP contribution in [0.2, 0.25) is 0 Å². The first-order chi connectivity index (χ1) is 7.65. The van der Waals surface area contributed by atoms with Gasteiger partial charge in [-0.1, -0.05) is 0 Å². The van der Waals surface area contributed by atoms with E-state index in [0.29, 0.717) is 24.2 Å². The van der Waals surface area contributed by atoms with Gasteiger partial charge in [0, 0.05) is 31.4 Å². The molecule has 1 aliphatic heterocycles. The topological polar surface area (TPSA) is 23.6 Å². The van der Waals surface area contributed by atoms with E-state index in [1.807, 2.05) is 4.90 Å². The van der Waals surface area contributed by atoms with Crippen LogP contribution in [0.3, 0.4) is 0 Å². The number of halogens is 1. The number of hydrogen-bond acceptors (Lipinski definition) is 2. The fourth-order valence-corrected chi connectivity index (χ4v) is 2.32. The molecule has 0 aromatic carbocycles. The Morgan fingerprint density at radius 3 is 2.81 bits per heavy atom. The first kappa shape index (κ1) is 13.8. The number of carbonyl (C=O) groups excluding carboxylic acids is 1. The minimum atomic E-state index is 0.302. The zero-order valence-electron chi connectivity index (χ0n) is 10.4. The van der Waals surface area contributed by atoms with E-state index in [1.165, 1.54) is 6.42 Å². The van der Waals surface area contributed by atoms with Crippen LogP contribution in [0.5, 0.6) is 0 Å². The molecular weight excluding hydrogens is 224 g/mol. The Kier molecular flexibility index (Phi) is 6.14. The van der Waals surface area contributed by atoms with E-state index in [4.69, 9.17) is 11.6 Å². The molecule has 0 aliphatic carbocycles. The van der Waals surface area contributed by atoms with Gasteiger partial charge in [-0.25, -0.2) is 0 Å². The molecule has 0 bridgehead atoms. The van der Waals surface area contributed by atoms with Crippen LogP contribution in [0.15, 0.2) is 0 Å². The summed E-state index contributed by atoms with van der Waals surface area (Å²) in [4.78, 5) is 16.1. The highest BCUT2D eigenvalue weighted by atomic mass is 35.5. The number of rotatable bonds is 5. The molecule has 1 unspecified atom stereocenters. The molecule has 1 fully saturated rings. The lowest BCUT2D eigenvalue weighted by Gasteiger charge is -2.36. The lowest BCUT2D eigenvalue weighted by molar-refractivity contribution is -0.133. The Morgan fingerprint density at radius 1 is 1.44 bits per heavy atom. The van der Waals surface area contributed by atoms with Gasteiger partial charge in [-0.05, 0) is 39.8 Å². The quantitative estimate of drug-likeness (QED) is 0.547. The lowest BCUT2D eigenvalue weighted by Crippen LogP contribution is -2.47. The van der Waals surface area contributed by atoms with Crippen LogP contribution < -0.4 is 0 Å². The molecule has 1 heterocycles.